The number of pyridine rings is 1. The number of carbonyl (C=O) groups is 1. The van der Waals surface area contributed by atoms with Gasteiger partial charge in [-0.05, 0) is 25.5 Å². The van der Waals surface area contributed by atoms with Gasteiger partial charge in [-0.2, -0.15) is 0 Å². The highest BCUT2D eigenvalue weighted by molar-refractivity contribution is 8.00. The van der Waals surface area contributed by atoms with E-state index in [1.54, 1.807) is 19.1 Å². The van der Waals surface area contributed by atoms with Crippen LogP contribution >= 0.6 is 11.8 Å². The van der Waals surface area contributed by atoms with Crippen LogP contribution in [-0.4, -0.2) is 48.1 Å². The van der Waals surface area contributed by atoms with E-state index in [1.165, 1.54) is 38.1 Å². The van der Waals surface area contributed by atoms with Crippen molar-refractivity contribution in [1.82, 2.24) is 14.4 Å². The first-order valence-electron chi connectivity index (χ1n) is 7.53. The van der Waals surface area contributed by atoms with E-state index >= 15 is 0 Å². The molecule has 0 aliphatic heterocycles. The summed E-state index contributed by atoms with van der Waals surface area (Å²) in [5.74, 6) is 0.755. The minimum absolute atomic E-state index is 0.109. The molecule has 0 aromatic carbocycles. The topological polar surface area (TPSA) is 105 Å². The number of hydrogen-bond acceptors (Lipinski definition) is 7. The molecule has 0 bridgehead atoms. The van der Waals surface area contributed by atoms with Crippen LogP contribution in [0.1, 0.15) is 19.1 Å². The van der Waals surface area contributed by atoms with Crippen LogP contribution in [0.2, 0.25) is 0 Å². The quantitative estimate of drug-likeness (QED) is 0.729. The molecule has 10 heteroatoms. The van der Waals surface area contributed by atoms with Gasteiger partial charge in [-0.1, -0.05) is 23.8 Å². The Kier molecular flexibility index (Phi) is 6.20. The first-order chi connectivity index (χ1) is 11.7. The Morgan fingerprint density at radius 2 is 2.12 bits per heavy atom. The zero-order valence-corrected chi connectivity index (χ0v) is 16.0. The number of aromatic nitrogens is 2. The van der Waals surface area contributed by atoms with Crippen LogP contribution in [0.3, 0.4) is 0 Å². The number of thioether (sulfide) groups is 1. The van der Waals surface area contributed by atoms with Gasteiger partial charge in [0.05, 0.1) is 10.3 Å². The fraction of sp³-hybridized carbons (Fsp3) is 0.400. The maximum atomic E-state index is 12.3. The molecule has 2 aromatic rings. The summed E-state index contributed by atoms with van der Waals surface area (Å²) in [5, 5.41) is 6.60. The van der Waals surface area contributed by atoms with Crippen molar-refractivity contribution in [3.8, 4) is 0 Å². The van der Waals surface area contributed by atoms with Gasteiger partial charge in [0.15, 0.2) is 5.82 Å². The van der Waals surface area contributed by atoms with Crippen molar-refractivity contribution in [2.75, 3.05) is 19.4 Å². The second kappa shape index (κ2) is 7.98. The highest BCUT2D eigenvalue weighted by Gasteiger charge is 2.21. The summed E-state index contributed by atoms with van der Waals surface area (Å²) in [4.78, 5) is 16.6. The molecule has 25 heavy (non-hydrogen) atoms. The van der Waals surface area contributed by atoms with E-state index in [0.29, 0.717) is 23.0 Å². The van der Waals surface area contributed by atoms with Gasteiger partial charge in [-0.25, -0.2) is 17.7 Å². The molecule has 0 saturated heterocycles. The molecule has 2 heterocycles. The minimum atomic E-state index is -3.52. The molecule has 0 radical (unpaired) electrons. The Morgan fingerprint density at radius 3 is 2.60 bits per heavy atom. The lowest BCUT2D eigenvalue weighted by molar-refractivity contribution is -0.115. The highest BCUT2D eigenvalue weighted by atomic mass is 32.2. The van der Waals surface area contributed by atoms with Crippen LogP contribution in [0.5, 0.6) is 0 Å². The SMILES string of the molecule is CCC(Sc1ccc(S(=O)(=O)N(C)C)cn1)C(=O)Nc1cc(C)on1. The Bertz CT molecular complexity index is 831. The van der Waals surface area contributed by atoms with Crippen molar-refractivity contribution in [1.29, 1.82) is 0 Å². The molecule has 0 spiro atoms. The molecule has 1 atom stereocenters. The Labute approximate surface area is 151 Å². The zero-order chi connectivity index (χ0) is 18.6. The summed E-state index contributed by atoms with van der Waals surface area (Å²) in [5.41, 5.74) is 0. The van der Waals surface area contributed by atoms with Crippen molar-refractivity contribution in [2.24, 2.45) is 0 Å². The van der Waals surface area contributed by atoms with Crippen molar-refractivity contribution in [3.05, 3.63) is 30.2 Å². The van der Waals surface area contributed by atoms with Gasteiger partial charge in [0, 0.05) is 26.4 Å². The van der Waals surface area contributed by atoms with Crippen LogP contribution in [0.25, 0.3) is 0 Å². The van der Waals surface area contributed by atoms with Gasteiger partial charge in [0.25, 0.3) is 0 Å². The number of rotatable bonds is 7. The molecule has 2 aromatic heterocycles. The standard InChI is InChI=1S/C15H20N4O4S2/c1-5-12(15(20)17-13-8-10(2)23-18-13)24-14-7-6-11(9-16-14)25(21,22)19(3)4/h6-9,12H,5H2,1-4H3,(H,17,18,20). The van der Waals surface area contributed by atoms with Crippen LogP contribution in [-0.2, 0) is 14.8 Å². The third kappa shape index (κ3) is 4.80. The number of amides is 1. The number of hydrogen-bond donors (Lipinski definition) is 1. The number of nitrogens with one attached hydrogen (secondary N) is 1. The van der Waals surface area contributed by atoms with Crippen LogP contribution in [0.4, 0.5) is 5.82 Å². The Balaban J connectivity index is 2.07. The lowest BCUT2D eigenvalue weighted by Crippen LogP contribution is -2.25. The van der Waals surface area contributed by atoms with Gasteiger partial charge in [0.2, 0.25) is 15.9 Å². The second-order valence-corrected chi connectivity index (χ2v) is 8.82. The summed E-state index contributed by atoms with van der Waals surface area (Å²) in [6.07, 6.45) is 1.87. The molecule has 0 fully saturated rings. The molecule has 0 aliphatic carbocycles. The molecule has 1 unspecified atom stereocenters. The third-order valence-electron chi connectivity index (χ3n) is 3.29. The van der Waals surface area contributed by atoms with Crippen LogP contribution in [0.15, 0.2) is 38.8 Å². The van der Waals surface area contributed by atoms with E-state index < -0.39 is 10.0 Å². The van der Waals surface area contributed by atoms with Gasteiger partial charge >= 0.3 is 0 Å². The molecule has 2 rings (SSSR count). The van der Waals surface area contributed by atoms with Crippen molar-refractivity contribution in [3.63, 3.8) is 0 Å². The predicted molar refractivity (Wildman–Crippen MR) is 94.9 cm³/mol. The maximum absolute atomic E-state index is 12.3. The average Bonchev–Trinajstić information content (AvgIpc) is 2.97. The van der Waals surface area contributed by atoms with Crippen molar-refractivity contribution < 1.29 is 17.7 Å². The Hall–Kier alpha value is -1.91. The highest BCUT2D eigenvalue weighted by Crippen LogP contribution is 2.26. The molecule has 136 valence electrons. The van der Waals surface area contributed by atoms with E-state index in [0.717, 1.165) is 4.31 Å². The minimum Gasteiger partial charge on any atom is -0.360 e. The molecule has 1 amide bonds. The molecular weight excluding hydrogens is 364 g/mol. The number of sulfonamides is 1. The van der Waals surface area contributed by atoms with E-state index in [4.69, 9.17) is 4.52 Å². The monoisotopic (exact) mass is 384 g/mol. The van der Waals surface area contributed by atoms with E-state index in [9.17, 15) is 13.2 Å². The molecule has 0 saturated carbocycles. The van der Waals surface area contributed by atoms with E-state index in [2.05, 4.69) is 15.5 Å². The first-order valence-corrected chi connectivity index (χ1v) is 9.85. The van der Waals surface area contributed by atoms with E-state index in [-0.39, 0.29) is 16.1 Å². The predicted octanol–water partition coefficient (Wildman–Crippen LogP) is 2.14. The lowest BCUT2D eigenvalue weighted by Gasteiger charge is -2.14. The lowest BCUT2D eigenvalue weighted by atomic mass is 10.3. The van der Waals surface area contributed by atoms with Crippen molar-refractivity contribution in [2.45, 2.75) is 35.4 Å². The smallest absolute Gasteiger partial charge is 0.244 e. The van der Waals surface area contributed by atoms with Gasteiger partial charge < -0.3 is 9.84 Å². The molecule has 0 aliphatic rings. The molecular formula is C15H20N4O4S2. The number of nitrogens with zero attached hydrogens (tertiary/aromatic N) is 3. The zero-order valence-electron chi connectivity index (χ0n) is 14.4. The third-order valence-corrected chi connectivity index (χ3v) is 6.41. The fourth-order valence-corrected chi connectivity index (χ4v) is 3.63. The van der Waals surface area contributed by atoms with Crippen LogP contribution in [0, 0.1) is 6.92 Å². The van der Waals surface area contributed by atoms with Gasteiger partial charge in [-0.3, -0.25) is 4.79 Å². The fourth-order valence-electron chi connectivity index (χ4n) is 1.90. The number of carbonyl (C=O) groups excluding carboxylic acids is 1. The van der Waals surface area contributed by atoms with Gasteiger partial charge in [0.1, 0.15) is 10.7 Å². The summed E-state index contributed by atoms with van der Waals surface area (Å²) in [7, 11) is -0.600. The summed E-state index contributed by atoms with van der Waals surface area (Å²) < 4.78 is 30.1. The number of anilines is 1. The van der Waals surface area contributed by atoms with Crippen LogP contribution < -0.4 is 5.32 Å². The summed E-state index contributed by atoms with van der Waals surface area (Å²) in [6.45, 7) is 3.62. The van der Waals surface area contributed by atoms with Gasteiger partial charge in [-0.15, -0.1) is 0 Å². The maximum Gasteiger partial charge on any atom is 0.244 e. The number of aryl methyl sites for hydroxylation is 1. The first kappa shape index (κ1) is 19.4. The normalized spacial score (nSPS) is 13.0. The largest absolute Gasteiger partial charge is 0.360 e. The summed E-state index contributed by atoms with van der Waals surface area (Å²) in [6, 6.07) is 4.71. The van der Waals surface area contributed by atoms with E-state index in [1.807, 2.05) is 6.92 Å². The molecule has 1 N–H and O–H groups in total. The second-order valence-electron chi connectivity index (χ2n) is 5.45. The molecule has 8 nitrogen and oxygen atoms in total. The average molecular weight is 384 g/mol. The Morgan fingerprint density at radius 1 is 1.40 bits per heavy atom. The van der Waals surface area contributed by atoms with Crippen molar-refractivity contribution >= 4 is 33.5 Å². The summed E-state index contributed by atoms with van der Waals surface area (Å²) >= 11 is 1.26.